The summed E-state index contributed by atoms with van der Waals surface area (Å²) in [6.45, 7) is 6.57. The standard InChI is InChI=1S/C24H25FN4O2S/c1-14(2)13-29-15(3)20(21(26-24(29)30)16-8-10-19(32-4)11-9-16)23-27-22(28-31-23)17-6-5-7-18(25)12-17/h5-12,14,21H,13H2,1-4H3,(H,26,30). The monoisotopic (exact) mass is 452 g/mol. The molecule has 0 saturated carbocycles. The summed E-state index contributed by atoms with van der Waals surface area (Å²) >= 11 is 1.65. The molecule has 0 spiro atoms. The zero-order chi connectivity index (χ0) is 22.8. The first-order valence-electron chi connectivity index (χ1n) is 10.4. The molecule has 8 heteroatoms. The lowest BCUT2D eigenvalue weighted by molar-refractivity contribution is 0.199. The van der Waals surface area contributed by atoms with Crippen molar-refractivity contribution in [2.24, 2.45) is 5.92 Å². The minimum absolute atomic E-state index is 0.163. The van der Waals surface area contributed by atoms with Crippen molar-refractivity contribution in [1.82, 2.24) is 20.4 Å². The van der Waals surface area contributed by atoms with E-state index in [0.29, 0.717) is 23.8 Å². The molecule has 0 aliphatic carbocycles. The average Bonchev–Trinajstić information content (AvgIpc) is 3.26. The highest BCUT2D eigenvalue weighted by atomic mass is 32.2. The Bertz CT molecular complexity index is 1160. The molecule has 1 N–H and O–H groups in total. The summed E-state index contributed by atoms with van der Waals surface area (Å²) in [7, 11) is 0. The quantitative estimate of drug-likeness (QED) is 0.482. The van der Waals surface area contributed by atoms with Crippen LogP contribution in [0.1, 0.15) is 38.3 Å². The highest BCUT2D eigenvalue weighted by Gasteiger charge is 2.35. The van der Waals surface area contributed by atoms with Crippen LogP contribution in [-0.2, 0) is 0 Å². The van der Waals surface area contributed by atoms with Crippen molar-refractivity contribution in [3.8, 4) is 11.4 Å². The predicted octanol–water partition coefficient (Wildman–Crippen LogP) is 5.75. The summed E-state index contributed by atoms with van der Waals surface area (Å²) in [6, 6.07) is 13.5. The van der Waals surface area contributed by atoms with Gasteiger partial charge < -0.3 is 9.84 Å². The van der Waals surface area contributed by atoms with Crippen LogP contribution in [0.25, 0.3) is 17.0 Å². The smallest absolute Gasteiger partial charge is 0.322 e. The van der Waals surface area contributed by atoms with Gasteiger partial charge in [-0.15, -0.1) is 11.8 Å². The zero-order valence-electron chi connectivity index (χ0n) is 18.4. The molecular formula is C24H25FN4O2S. The molecule has 2 heterocycles. The molecule has 166 valence electrons. The molecule has 1 aromatic heterocycles. The van der Waals surface area contributed by atoms with Gasteiger partial charge in [-0.3, -0.25) is 4.90 Å². The molecule has 1 atom stereocenters. The molecule has 0 fully saturated rings. The second-order valence-electron chi connectivity index (χ2n) is 8.09. The van der Waals surface area contributed by atoms with Crippen LogP contribution < -0.4 is 5.32 Å². The summed E-state index contributed by atoms with van der Waals surface area (Å²) in [6.07, 6.45) is 2.02. The third kappa shape index (κ3) is 4.41. The Balaban J connectivity index is 1.80. The fourth-order valence-electron chi connectivity index (χ4n) is 3.77. The first-order valence-corrected chi connectivity index (χ1v) is 11.6. The van der Waals surface area contributed by atoms with Gasteiger partial charge in [0, 0.05) is 22.7 Å². The van der Waals surface area contributed by atoms with Gasteiger partial charge in [-0.2, -0.15) is 4.98 Å². The molecule has 0 bridgehead atoms. The van der Waals surface area contributed by atoms with E-state index in [1.807, 2.05) is 37.4 Å². The maximum Gasteiger partial charge on any atom is 0.322 e. The van der Waals surface area contributed by atoms with Gasteiger partial charge in [0.2, 0.25) is 5.82 Å². The molecule has 1 aliphatic heterocycles. The lowest BCUT2D eigenvalue weighted by Gasteiger charge is -2.36. The molecule has 1 aliphatic rings. The van der Waals surface area contributed by atoms with Gasteiger partial charge in [-0.05, 0) is 48.9 Å². The number of urea groups is 1. The van der Waals surface area contributed by atoms with Crippen LogP contribution in [0.4, 0.5) is 9.18 Å². The van der Waals surface area contributed by atoms with Crippen molar-refractivity contribution in [3.05, 3.63) is 71.5 Å². The molecule has 2 amide bonds. The highest BCUT2D eigenvalue weighted by Crippen LogP contribution is 2.38. The van der Waals surface area contributed by atoms with E-state index in [9.17, 15) is 9.18 Å². The number of hydrogen-bond acceptors (Lipinski definition) is 5. The topological polar surface area (TPSA) is 71.3 Å². The average molecular weight is 453 g/mol. The number of hydrogen-bond donors (Lipinski definition) is 1. The number of nitrogens with one attached hydrogen (secondary N) is 1. The van der Waals surface area contributed by atoms with Crippen LogP contribution in [0.5, 0.6) is 0 Å². The van der Waals surface area contributed by atoms with Crippen LogP contribution in [0.2, 0.25) is 0 Å². The normalized spacial score (nSPS) is 16.6. The zero-order valence-corrected chi connectivity index (χ0v) is 19.2. The molecule has 32 heavy (non-hydrogen) atoms. The van der Waals surface area contributed by atoms with Crippen molar-refractivity contribution in [2.45, 2.75) is 31.7 Å². The highest BCUT2D eigenvalue weighted by molar-refractivity contribution is 7.98. The second-order valence-corrected chi connectivity index (χ2v) is 8.97. The fraction of sp³-hybridized carbons (Fsp3) is 0.292. The molecule has 2 aromatic carbocycles. The number of thioether (sulfide) groups is 1. The van der Waals surface area contributed by atoms with E-state index in [0.717, 1.165) is 21.7 Å². The summed E-state index contributed by atoms with van der Waals surface area (Å²) in [4.78, 5) is 20.4. The molecule has 4 rings (SSSR count). The molecular weight excluding hydrogens is 427 g/mol. The Hall–Kier alpha value is -3.13. The first kappa shape index (κ1) is 22.1. The van der Waals surface area contributed by atoms with E-state index in [-0.39, 0.29) is 17.8 Å². The molecule has 6 nitrogen and oxygen atoms in total. The van der Waals surface area contributed by atoms with E-state index >= 15 is 0 Å². The summed E-state index contributed by atoms with van der Waals surface area (Å²) in [5, 5.41) is 7.17. The Labute approximate surface area is 190 Å². The first-order chi connectivity index (χ1) is 15.4. The number of carbonyl (C=O) groups excluding carboxylic acids is 1. The van der Waals surface area contributed by atoms with Crippen LogP contribution in [0, 0.1) is 11.7 Å². The maximum absolute atomic E-state index is 13.7. The van der Waals surface area contributed by atoms with Gasteiger partial charge in [-0.25, -0.2) is 9.18 Å². The lowest BCUT2D eigenvalue weighted by Crippen LogP contribution is -2.47. The van der Waals surface area contributed by atoms with E-state index in [1.54, 1.807) is 28.8 Å². The Morgan fingerprint density at radius 1 is 1.22 bits per heavy atom. The van der Waals surface area contributed by atoms with Crippen molar-refractivity contribution in [1.29, 1.82) is 0 Å². The van der Waals surface area contributed by atoms with Crippen molar-refractivity contribution < 1.29 is 13.7 Å². The van der Waals surface area contributed by atoms with Gasteiger partial charge >= 0.3 is 6.03 Å². The van der Waals surface area contributed by atoms with E-state index < -0.39 is 6.04 Å². The fourth-order valence-corrected chi connectivity index (χ4v) is 4.18. The Morgan fingerprint density at radius 3 is 2.62 bits per heavy atom. The SMILES string of the molecule is CSc1ccc(C2NC(=O)N(CC(C)C)C(C)=C2c2nc(-c3cccc(F)c3)no2)cc1. The van der Waals surface area contributed by atoms with Crippen LogP contribution in [0.3, 0.4) is 0 Å². The van der Waals surface area contributed by atoms with Gasteiger partial charge in [-0.1, -0.05) is 43.3 Å². The van der Waals surface area contributed by atoms with E-state index in [2.05, 4.69) is 29.3 Å². The third-order valence-electron chi connectivity index (χ3n) is 5.33. The van der Waals surface area contributed by atoms with Crippen LogP contribution >= 0.6 is 11.8 Å². The molecule has 0 radical (unpaired) electrons. The van der Waals surface area contributed by atoms with Crippen LogP contribution in [-0.4, -0.2) is 33.9 Å². The van der Waals surface area contributed by atoms with E-state index in [4.69, 9.17) is 4.52 Å². The number of benzene rings is 2. The van der Waals surface area contributed by atoms with Crippen molar-refractivity contribution in [3.63, 3.8) is 0 Å². The molecule has 3 aromatic rings. The van der Waals surface area contributed by atoms with Gasteiger partial charge in [0.15, 0.2) is 0 Å². The number of carbonyl (C=O) groups is 1. The number of rotatable bonds is 6. The second kappa shape index (κ2) is 9.16. The number of allylic oxidation sites excluding steroid dienone is 1. The minimum Gasteiger partial charge on any atom is -0.334 e. The maximum atomic E-state index is 13.7. The lowest BCUT2D eigenvalue weighted by atomic mass is 9.94. The largest absolute Gasteiger partial charge is 0.334 e. The van der Waals surface area contributed by atoms with Crippen molar-refractivity contribution in [2.75, 3.05) is 12.8 Å². The van der Waals surface area contributed by atoms with Gasteiger partial charge in [0.25, 0.3) is 5.89 Å². The summed E-state index contributed by atoms with van der Waals surface area (Å²) < 4.78 is 19.3. The number of amides is 2. The summed E-state index contributed by atoms with van der Waals surface area (Å²) in [5.41, 5.74) is 2.94. The summed E-state index contributed by atoms with van der Waals surface area (Å²) in [5.74, 6) is 0.502. The Morgan fingerprint density at radius 2 is 1.97 bits per heavy atom. The predicted molar refractivity (Wildman–Crippen MR) is 123 cm³/mol. The number of halogens is 1. The van der Waals surface area contributed by atoms with Gasteiger partial charge in [0.05, 0.1) is 11.6 Å². The van der Waals surface area contributed by atoms with Crippen molar-refractivity contribution >= 4 is 23.4 Å². The molecule has 1 unspecified atom stereocenters. The third-order valence-corrected chi connectivity index (χ3v) is 6.08. The number of aromatic nitrogens is 2. The molecule has 0 saturated heterocycles. The van der Waals surface area contributed by atoms with E-state index in [1.165, 1.54) is 12.1 Å². The Kier molecular flexibility index (Phi) is 6.32. The van der Waals surface area contributed by atoms with Gasteiger partial charge in [0.1, 0.15) is 5.82 Å². The number of nitrogens with zero attached hydrogens (tertiary/aromatic N) is 3. The minimum atomic E-state index is -0.442. The van der Waals surface area contributed by atoms with Crippen LogP contribution in [0.15, 0.2) is 63.6 Å².